The van der Waals surface area contributed by atoms with Crippen LogP contribution in [0.5, 0.6) is 0 Å². The van der Waals surface area contributed by atoms with Crippen LogP contribution < -0.4 is 16.0 Å². The monoisotopic (exact) mass is 382 g/mol. The first-order valence-electron chi connectivity index (χ1n) is 8.44. The van der Waals surface area contributed by atoms with E-state index in [0.717, 1.165) is 5.69 Å². The highest BCUT2D eigenvalue weighted by molar-refractivity contribution is 6.30. The Morgan fingerprint density at radius 3 is 2.41 bits per heavy atom. The number of rotatable bonds is 6. The van der Waals surface area contributed by atoms with Gasteiger partial charge in [-0.3, -0.25) is 4.79 Å². The summed E-state index contributed by atoms with van der Waals surface area (Å²) < 4.78 is 1.87. The minimum atomic E-state index is -0.353. The van der Waals surface area contributed by atoms with Crippen molar-refractivity contribution in [2.24, 2.45) is 0 Å². The van der Waals surface area contributed by atoms with Crippen molar-refractivity contribution in [2.75, 3.05) is 17.2 Å². The number of hydrogen-bond donors (Lipinski definition) is 3. The van der Waals surface area contributed by atoms with Gasteiger partial charge in [0.05, 0.1) is 11.4 Å². The average molecular weight is 383 g/mol. The van der Waals surface area contributed by atoms with Gasteiger partial charge in [-0.25, -0.2) is 4.79 Å². The van der Waals surface area contributed by atoms with Gasteiger partial charge in [-0.05, 0) is 42.5 Å². The number of aromatic nitrogens is 1. The summed E-state index contributed by atoms with van der Waals surface area (Å²) in [6.07, 6.45) is 3.89. The van der Waals surface area contributed by atoms with Crippen LogP contribution in [0.4, 0.5) is 16.2 Å². The number of carbonyl (C=O) groups is 2. The van der Waals surface area contributed by atoms with E-state index in [1.165, 1.54) is 0 Å². The predicted octanol–water partition coefficient (Wildman–Crippen LogP) is 4.28. The molecule has 0 fully saturated rings. The van der Waals surface area contributed by atoms with Gasteiger partial charge in [0.1, 0.15) is 0 Å². The summed E-state index contributed by atoms with van der Waals surface area (Å²) in [7, 11) is 0. The minimum Gasteiger partial charge on any atom is -0.337 e. The molecule has 3 amide bonds. The van der Waals surface area contributed by atoms with Gasteiger partial charge >= 0.3 is 6.03 Å². The number of halogens is 1. The van der Waals surface area contributed by atoms with E-state index in [0.29, 0.717) is 16.4 Å². The fraction of sp³-hybridized carbons (Fsp3) is 0.100. The lowest BCUT2D eigenvalue weighted by Gasteiger charge is -2.13. The first-order valence-corrected chi connectivity index (χ1v) is 8.82. The first kappa shape index (κ1) is 18.5. The predicted molar refractivity (Wildman–Crippen MR) is 107 cm³/mol. The Kier molecular flexibility index (Phi) is 6.12. The molecule has 6 nitrogen and oxygen atoms in total. The summed E-state index contributed by atoms with van der Waals surface area (Å²) in [5.74, 6) is -0.203. The van der Waals surface area contributed by atoms with Crippen molar-refractivity contribution in [2.45, 2.75) is 6.42 Å². The summed E-state index contributed by atoms with van der Waals surface area (Å²) in [5, 5.41) is 8.80. The first-order chi connectivity index (χ1) is 13.1. The van der Waals surface area contributed by atoms with Crippen LogP contribution in [0.1, 0.15) is 6.42 Å². The van der Waals surface area contributed by atoms with E-state index in [2.05, 4.69) is 16.0 Å². The normalized spacial score (nSPS) is 10.3. The molecule has 3 aromatic rings. The number of amides is 3. The van der Waals surface area contributed by atoms with Crippen LogP contribution in [0, 0.1) is 0 Å². The van der Waals surface area contributed by atoms with Crippen molar-refractivity contribution < 1.29 is 9.59 Å². The van der Waals surface area contributed by atoms with Gasteiger partial charge in [-0.15, -0.1) is 0 Å². The molecule has 0 unspecified atom stereocenters. The molecule has 3 rings (SSSR count). The largest absolute Gasteiger partial charge is 0.337 e. The zero-order valence-electron chi connectivity index (χ0n) is 14.5. The molecular weight excluding hydrogens is 364 g/mol. The van der Waals surface area contributed by atoms with Crippen LogP contribution in [0.25, 0.3) is 5.69 Å². The fourth-order valence-corrected chi connectivity index (χ4v) is 2.68. The second-order valence-corrected chi connectivity index (χ2v) is 6.23. The number of anilines is 2. The zero-order valence-corrected chi connectivity index (χ0v) is 15.2. The molecule has 7 heteroatoms. The van der Waals surface area contributed by atoms with E-state index in [1.807, 2.05) is 47.3 Å². The fourth-order valence-electron chi connectivity index (χ4n) is 2.52. The van der Waals surface area contributed by atoms with E-state index in [1.54, 1.807) is 30.3 Å². The highest BCUT2D eigenvalue weighted by Gasteiger charge is 2.10. The molecule has 1 heterocycles. The Labute approximate surface area is 162 Å². The average Bonchev–Trinajstić information content (AvgIpc) is 3.18. The van der Waals surface area contributed by atoms with Gasteiger partial charge in [0.2, 0.25) is 5.91 Å². The molecule has 0 spiro atoms. The lowest BCUT2D eigenvalue weighted by molar-refractivity contribution is -0.116. The quantitative estimate of drug-likeness (QED) is 0.595. The summed E-state index contributed by atoms with van der Waals surface area (Å²) in [6, 6.07) is 17.8. The summed E-state index contributed by atoms with van der Waals surface area (Å²) in [4.78, 5) is 24.1. The van der Waals surface area contributed by atoms with Crippen LogP contribution in [-0.2, 0) is 4.79 Å². The molecule has 0 bridgehead atoms. The zero-order chi connectivity index (χ0) is 19.1. The van der Waals surface area contributed by atoms with Gasteiger partial charge < -0.3 is 20.5 Å². The molecule has 0 radical (unpaired) electrons. The van der Waals surface area contributed by atoms with E-state index in [-0.39, 0.29) is 24.9 Å². The summed E-state index contributed by atoms with van der Waals surface area (Å²) in [5.41, 5.74) is 2.11. The van der Waals surface area contributed by atoms with E-state index < -0.39 is 0 Å². The van der Waals surface area contributed by atoms with Gasteiger partial charge in [0.15, 0.2) is 0 Å². The molecule has 1 aromatic heterocycles. The Hall–Kier alpha value is -3.25. The van der Waals surface area contributed by atoms with E-state index >= 15 is 0 Å². The standard InChI is InChI=1S/C20H19ClN4O2/c21-15-8-9-17(18(14-15)25-12-4-5-13-25)24-19(26)10-11-22-20(27)23-16-6-2-1-3-7-16/h1-9,12-14H,10-11H2,(H,24,26)(H2,22,23,27). The molecule has 0 saturated carbocycles. The Morgan fingerprint density at radius 2 is 1.67 bits per heavy atom. The second kappa shape index (κ2) is 8.91. The number of benzene rings is 2. The van der Waals surface area contributed by atoms with Crippen LogP contribution in [0.3, 0.4) is 0 Å². The van der Waals surface area contributed by atoms with Crippen molar-refractivity contribution in [1.82, 2.24) is 9.88 Å². The van der Waals surface area contributed by atoms with Crippen molar-refractivity contribution in [3.05, 3.63) is 78.1 Å². The topological polar surface area (TPSA) is 75.2 Å². The minimum absolute atomic E-state index is 0.149. The number of hydrogen-bond acceptors (Lipinski definition) is 2. The van der Waals surface area contributed by atoms with Gasteiger partial charge in [-0.1, -0.05) is 29.8 Å². The van der Waals surface area contributed by atoms with Crippen molar-refractivity contribution >= 4 is 34.9 Å². The van der Waals surface area contributed by atoms with E-state index in [4.69, 9.17) is 11.6 Å². The molecule has 3 N–H and O–H groups in total. The van der Waals surface area contributed by atoms with Crippen molar-refractivity contribution in [1.29, 1.82) is 0 Å². The molecule has 0 aliphatic rings. The maximum absolute atomic E-state index is 12.2. The number of para-hydroxylation sites is 1. The molecule has 0 aliphatic carbocycles. The summed E-state index contributed by atoms with van der Waals surface area (Å²) in [6.45, 7) is 0.219. The molecule has 27 heavy (non-hydrogen) atoms. The molecule has 138 valence electrons. The number of nitrogens with one attached hydrogen (secondary N) is 3. The third-order valence-corrected chi connectivity index (χ3v) is 4.02. The Morgan fingerprint density at radius 1 is 0.926 bits per heavy atom. The van der Waals surface area contributed by atoms with Crippen molar-refractivity contribution in [3.8, 4) is 5.69 Å². The van der Waals surface area contributed by atoms with E-state index in [9.17, 15) is 9.59 Å². The van der Waals surface area contributed by atoms with Crippen LogP contribution in [0.2, 0.25) is 5.02 Å². The highest BCUT2D eigenvalue weighted by atomic mass is 35.5. The van der Waals surface area contributed by atoms with Gasteiger partial charge in [0, 0.05) is 36.1 Å². The van der Waals surface area contributed by atoms with Crippen LogP contribution in [0.15, 0.2) is 73.1 Å². The Balaban J connectivity index is 1.52. The third kappa shape index (κ3) is 5.36. The maximum atomic E-state index is 12.2. The highest BCUT2D eigenvalue weighted by Crippen LogP contribution is 2.24. The lowest BCUT2D eigenvalue weighted by atomic mass is 10.2. The van der Waals surface area contributed by atoms with Gasteiger partial charge in [0.25, 0.3) is 0 Å². The van der Waals surface area contributed by atoms with Gasteiger partial charge in [-0.2, -0.15) is 0 Å². The van der Waals surface area contributed by atoms with Crippen molar-refractivity contribution in [3.63, 3.8) is 0 Å². The maximum Gasteiger partial charge on any atom is 0.319 e. The van der Waals surface area contributed by atoms with Crippen LogP contribution in [-0.4, -0.2) is 23.1 Å². The SMILES string of the molecule is O=C(CCNC(=O)Nc1ccccc1)Nc1ccc(Cl)cc1-n1cccc1. The molecule has 0 atom stereocenters. The second-order valence-electron chi connectivity index (χ2n) is 5.80. The lowest BCUT2D eigenvalue weighted by Crippen LogP contribution is -2.31. The number of urea groups is 1. The number of carbonyl (C=O) groups excluding carboxylic acids is 2. The Bertz CT molecular complexity index is 911. The molecule has 0 saturated heterocycles. The molecule has 2 aromatic carbocycles. The smallest absolute Gasteiger partial charge is 0.319 e. The molecule has 0 aliphatic heterocycles. The summed E-state index contributed by atoms with van der Waals surface area (Å²) >= 11 is 6.07. The molecular formula is C20H19ClN4O2. The third-order valence-electron chi connectivity index (χ3n) is 3.79. The number of nitrogens with zero attached hydrogens (tertiary/aromatic N) is 1. The van der Waals surface area contributed by atoms with Crippen LogP contribution >= 0.6 is 11.6 Å².